The Labute approximate surface area is 175 Å². The molecule has 140 valence electrons. The number of hydrogen-bond donors (Lipinski definition) is 1. The molecule has 0 bridgehead atoms. The van der Waals surface area contributed by atoms with Gasteiger partial charge in [0.2, 0.25) is 0 Å². The highest BCUT2D eigenvalue weighted by Gasteiger charge is 2.29. The van der Waals surface area contributed by atoms with Crippen LogP contribution >= 0.6 is 35.0 Å². The number of nitrogens with two attached hydrogens (primary N) is 1. The van der Waals surface area contributed by atoms with Gasteiger partial charge in [-0.3, -0.25) is 4.84 Å². The van der Waals surface area contributed by atoms with Crippen LogP contribution in [0.2, 0.25) is 10.0 Å². The van der Waals surface area contributed by atoms with Crippen LogP contribution in [0.1, 0.15) is 5.56 Å². The normalized spacial score (nSPS) is 12.9. The summed E-state index contributed by atoms with van der Waals surface area (Å²) in [4.78, 5) is 21.4. The maximum Gasteiger partial charge on any atom is 0.445 e. The fourth-order valence-corrected chi connectivity index (χ4v) is 4.34. The fourth-order valence-electron chi connectivity index (χ4n) is 2.78. The molecule has 28 heavy (non-hydrogen) atoms. The molecule has 0 unspecified atom stereocenters. The van der Waals surface area contributed by atoms with Crippen molar-refractivity contribution in [2.24, 2.45) is 10.9 Å². The maximum absolute atomic E-state index is 12.9. The third-order valence-corrected chi connectivity index (χ3v) is 5.72. The van der Waals surface area contributed by atoms with Crippen LogP contribution in [0.3, 0.4) is 0 Å². The Morgan fingerprint density at radius 2 is 1.57 bits per heavy atom. The molecule has 5 nitrogen and oxygen atoms in total. The minimum Gasteiger partial charge on any atom is -0.380 e. The summed E-state index contributed by atoms with van der Waals surface area (Å²) in [6.07, 6.45) is -0.673. The maximum atomic E-state index is 12.9. The van der Waals surface area contributed by atoms with Crippen LogP contribution in [-0.2, 0) is 4.84 Å². The van der Waals surface area contributed by atoms with E-state index in [9.17, 15) is 4.79 Å². The molecule has 1 heterocycles. The van der Waals surface area contributed by atoms with Crippen LogP contribution in [0.15, 0.2) is 81.7 Å². The third kappa shape index (κ3) is 3.54. The lowest BCUT2D eigenvalue weighted by atomic mass is 10.2. The second-order valence-corrected chi connectivity index (χ2v) is 7.76. The summed E-state index contributed by atoms with van der Waals surface area (Å²) in [6, 6.07) is 19.9. The molecule has 4 rings (SSSR count). The van der Waals surface area contributed by atoms with E-state index in [1.807, 2.05) is 48.5 Å². The van der Waals surface area contributed by atoms with Gasteiger partial charge >= 0.3 is 6.09 Å². The lowest BCUT2D eigenvalue weighted by Crippen LogP contribution is -2.28. The predicted octanol–water partition coefficient (Wildman–Crippen LogP) is 6.05. The van der Waals surface area contributed by atoms with Gasteiger partial charge in [0.25, 0.3) is 0 Å². The molecule has 0 saturated carbocycles. The number of para-hydroxylation sites is 2. The molecule has 1 aliphatic rings. The van der Waals surface area contributed by atoms with Gasteiger partial charge < -0.3 is 5.73 Å². The average Bonchev–Trinajstić information content (AvgIpc) is 2.70. The van der Waals surface area contributed by atoms with Crippen LogP contribution in [0.4, 0.5) is 16.2 Å². The SMILES string of the molecule is N/C(=N/OC(=O)N1c2ccccc2Sc2ccccc21)c1ccc(Cl)cc1Cl. The molecule has 3 aromatic rings. The standard InChI is InChI=1S/C20H13Cl2N3O2S/c21-12-9-10-13(14(22)11-12)19(23)24-27-20(26)25-15-5-1-3-7-17(15)28-18-8-4-2-6-16(18)25/h1-11H,(H2,23,24). The van der Waals surface area contributed by atoms with E-state index in [0.717, 1.165) is 21.2 Å². The number of nitrogens with zero attached hydrogens (tertiary/aromatic N) is 2. The van der Waals surface area contributed by atoms with Crippen molar-refractivity contribution in [3.8, 4) is 0 Å². The van der Waals surface area contributed by atoms with E-state index in [0.29, 0.717) is 15.6 Å². The van der Waals surface area contributed by atoms with Crippen molar-refractivity contribution in [2.45, 2.75) is 9.79 Å². The molecule has 8 heteroatoms. The average molecular weight is 430 g/mol. The first kappa shape index (κ1) is 18.7. The monoisotopic (exact) mass is 429 g/mol. The summed E-state index contributed by atoms with van der Waals surface area (Å²) in [7, 11) is 0. The van der Waals surface area contributed by atoms with Crippen LogP contribution in [0, 0.1) is 0 Å². The van der Waals surface area contributed by atoms with Crippen molar-refractivity contribution in [1.82, 2.24) is 0 Å². The van der Waals surface area contributed by atoms with Gasteiger partial charge in [-0.2, -0.15) is 0 Å². The summed E-state index contributed by atoms with van der Waals surface area (Å²) in [5.74, 6) is -0.0250. The first-order valence-electron chi connectivity index (χ1n) is 8.20. The first-order chi connectivity index (χ1) is 13.5. The zero-order valence-electron chi connectivity index (χ0n) is 14.3. The summed E-state index contributed by atoms with van der Waals surface area (Å²) >= 11 is 13.6. The molecule has 0 spiro atoms. The number of amides is 1. The number of rotatable bonds is 2. The van der Waals surface area contributed by atoms with Crippen molar-refractivity contribution in [3.05, 3.63) is 82.3 Å². The van der Waals surface area contributed by atoms with E-state index >= 15 is 0 Å². The van der Waals surface area contributed by atoms with Crippen LogP contribution in [0.25, 0.3) is 0 Å². The number of oxime groups is 1. The Balaban J connectivity index is 1.65. The minimum absolute atomic E-state index is 0.0250. The number of hydrogen-bond acceptors (Lipinski definition) is 4. The zero-order valence-corrected chi connectivity index (χ0v) is 16.6. The molecule has 1 amide bonds. The Hall–Kier alpha value is -2.67. The predicted molar refractivity (Wildman–Crippen MR) is 113 cm³/mol. The molecule has 0 aliphatic carbocycles. The number of benzene rings is 3. The molecule has 2 N–H and O–H groups in total. The highest BCUT2D eigenvalue weighted by atomic mass is 35.5. The number of amidine groups is 1. The molecule has 3 aromatic carbocycles. The summed E-state index contributed by atoms with van der Waals surface area (Å²) in [5.41, 5.74) is 7.79. The van der Waals surface area contributed by atoms with Gasteiger partial charge in [-0.1, -0.05) is 64.4 Å². The van der Waals surface area contributed by atoms with Crippen molar-refractivity contribution in [2.75, 3.05) is 4.90 Å². The number of carbonyl (C=O) groups is 1. The van der Waals surface area contributed by atoms with Crippen LogP contribution < -0.4 is 10.6 Å². The van der Waals surface area contributed by atoms with E-state index in [1.165, 1.54) is 11.0 Å². The molecule has 0 fully saturated rings. The van der Waals surface area contributed by atoms with Gasteiger partial charge in [0, 0.05) is 20.4 Å². The van der Waals surface area contributed by atoms with Crippen LogP contribution in [-0.4, -0.2) is 11.9 Å². The first-order valence-corrected chi connectivity index (χ1v) is 9.78. The van der Waals surface area contributed by atoms with Gasteiger partial charge in [-0.25, -0.2) is 9.69 Å². The summed E-state index contributed by atoms with van der Waals surface area (Å²) < 4.78 is 0. The number of halogens is 2. The molecule has 0 saturated heterocycles. The van der Waals surface area contributed by atoms with Gasteiger partial charge in [-0.15, -0.1) is 0 Å². The second kappa shape index (κ2) is 7.75. The van der Waals surface area contributed by atoms with E-state index < -0.39 is 6.09 Å². The van der Waals surface area contributed by atoms with Crippen LogP contribution in [0.5, 0.6) is 0 Å². The minimum atomic E-state index is -0.673. The van der Waals surface area contributed by atoms with Crippen molar-refractivity contribution in [3.63, 3.8) is 0 Å². The van der Waals surface area contributed by atoms with Gasteiger partial charge in [0.05, 0.1) is 16.4 Å². The third-order valence-electron chi connectivity index (χ3n) is 4.04. The Morgan fingerprint density at radius 1 is 0.964 bits per heavy atom. The molecule has 0 radical (unpaired) electrons. The molecule has 0 atom stereocenters. The quantitative estimate of drug-likeness (QED) is 0.233. The molecule has 0 aromatic heterocycles. The smallest absolute Gasteiger partial charge is 0.380 e. The Morgan fingerprint density at radius 3 is 2.18 bits per heavy atom. The Bertz CT molecular complexity index is 1060. The molecule has 1 aliphatic heterocycles. The highest BCUT2D eigenvalue weighted by Crippen LogP contribution is 2.48. The van der Waals surface area contributed by atoms with E-state index in [4.69, 9.17) is 33.8 Å². The van der Waals surface area contributed by atoms with Gasteiger partial charge in [-0.05, 0) is 42.5 Å². The summed E-state index contributed by atoms with van der Waals surface area (Å²) in [6.45, 7) is 0. The van der Waals surface area contributed by atoms with Gasteiger partial charge in [0.15, 0.2) is 5.84 Å². The highest BCUT2D eigenvalue weighted by molar-refractivity contribution is 7.99. The van der Waals surface area contributed by atoms with Crippen molar-refractivity contribution >= 4 is 58.3 Å². The number of anilines is 2. The van der Waals surface area contributed by atoms with Crippen molar-refractivity contribution in [1.29, 1.82) is 0 Å². The second-order valence-electron chi connectivity index (χ2n) is 5.83. The lowest BCUT2D eigenvalue weighted by molar-refractivity contribution is 0.161. The summed E-state index contributed by atoms with van der Waals surface area (Å²) in [5, 5.41) is 4.56. The lowest BCUT2D eigenvalue weighted by Gasteiger charge is -2.29. The Kier molecular flexibility index (Phi) is 5.17. The largest absolute Gasteiger partial charge is 0.445 e. The fraction of sp³-hybridized carbons (Fsp3) is 0. The van der Waals surface area contributed by atoms with E-state index in [-0.39, 0.29) is 5.84 Å². The molecular weight excluding hydrogens is 417 g/mol. The van der Waals surface area contributed by atoms with Gasteiger partial charge in [0.1, 0.15) is 0 Å². The number of fused-ring (bicyclic) bond motifs is 2. The van der Waals surface area contributed by atoms with Crippen molar-refractivity contribution < 1.29 is 9.63 Å². The zero-order chi connectivity index (χ0) is 19.7. The van der Waals surface area contributed by atoms with E-state index in [1.54, 1.807) is 23.9 Å². The van der Waals surface area contributed by atoms with E-state index in [2.05, 4.69) is 5.16 Å². The number of carbonyl (C=O) groups excluding carboxylic acids is 1. The molecular formula is C20H13Cl2N3O2S. The topological polar surface area (TPSA) is 67.9 Å².